The fourth-order valence-electron chi connectivity index (χ4n) is 3.00. The van der Waals surface area contributed by atoms with Gasteiger partial charge in [-0.3, -0.25) is 4.79 Å². The number of nitrogens with one attached hydrogen (secondary N) is 1. The number of hydrogen-bond acceptors (Lipinski definition) is 4. The van der Waals surface area contributed by atoms with Crippen LogP contribution in [0.1, 0.15) is 36.0 Å². The fraction of sp³-hybridized carbons (Fsp3) is 0.562. The molecule has 0 saturated heterocycles. The first kappa shape index (κ1) is 17.9. The number of rotatable bonds is 6. The smallest absolute Gasteiger partial charge is 0.253 e. The van der Waals surface area contributed by atoms with Crippen molar-refractivity contribution in [3.05, 3.63) is 29.8 Å². The van der Waals surface area contributed by atoms with Gasteiger partial charge in [0.25, 0.3) is 5.91 Å². The van der Waals surface area contributed by atoms with Crippen molar-refractivity contribution in [1.82, 2.24) is 9.62 Å². The summed E-state index contributed by atoms with van der Waals surface area (Å²) < 4.78 is 27.7. The Labute approximate surface area is 138 Å². The van der Waals surface area contributed by atoms with Crippen LogP contribution in [0.4, 0.5) is 0 Å². The van der Waals surface area contributed by atoms with Gasteiger partial charge in [-0.2, -0.15) is 0 Å². The topological polar surface area (TPSA) is 92.5 Å². The lowest BCUT2D eigenvalue weighted by Gasteiger charge is -2.23. The van der Waals surface area contributed by atoms with Crippen molar-refractivity contribution in [2.24, 2.45) is 11.7 Å². The molecule has 1 fully saturated rings. The van der Waals surface area contributed by atoms with Crippen LogP contribution in [0.3, 0.4) is 0 Å². The van der Waals surface area contributed by atoms with Gasteiger partial charge in [0.2, 0.25) is 10.0 Å². The monoisotopic (exact) mass is 339 g/mol. The molecule has 1 unspecified atom stereocenters. The van der Waals surface area contributed by atoms with Gasteiger partial charge >= 0.3 is 0 Å². The van der Waals surface area contributed by atoms with Gasteiger partial charge < -0.3 is 10.6 Å². The van der Waals surface area contributed by atoms with Crippen LogP contribution in [0.15, 0.2) is 29.2 Å². The van der Waals surface area contributed by atoms with E-state index in [1.807, 2.05) is 0 Å². The average Bonchev–Trinajstić information content (AvgIpc) is 3.06. The summed E-state index contributed by atoms with van der Waals surface area (Å²) in [5.74, 6) is 0.150. The number of nitrogens with two attached hydrogens (primary N) is 1. The van der Waals surface area contributed by atoms with Crippen molar-refractivity contribution in [2.45, 2.75) is 36.6 Å². The number of sulfonamides is 1. The highest BCUT2D eigenvalue weighted by molar-refractivity contribution is 7.89. The molecule has 23 heavy (non-hydrogen) atoms. The zero-order valence-electron chi connectivity index (χ0n) is 13.7. The maximum absolute atomic E-state index is 12.5. The van der Waals surface area contributed by atoms with E-state index in [4.69, 9.17) is 5.73 Å². The molecule has 1 atom stereocenters. The molecule has 1 amide bonds. The summed E-state index contributed by atoms with van der Waals surface area (Å²) in [5, 5.41) is 0. The van der Waals surface area contributed by atoms with Crippen LogP contribution in [-0.2, 0) is 10.0 Å². The summed E-state index contributed by atoms with van der Waals surface area (Å²) in [6, 6.07) is 5.75. The molecule has 0 heterocycles. The molecule has 128 valence electrons. The van der Waals surface area contributed by atoms with E-state index < -0.39 is 10.0 Å². The van der Waals surface area contributed by atoms with Crippen molar-refractivity contribution in [2.75, 3.05) is 20.6 Å². The van der Waals surface area contributed by atoms with Crippen LogP contribution in [0.5, 0.6) is 0 Å². The summed E-state index contributed by atoms with van der Waals surface area (Å²) in [6.07, 6.45) is 4.29. The Morgan fingerprint density at radius 3 is 2.30 bits per heavy atom. The minimum absolute atomic E-state index is 0.157. The summed E-state index contributed by atoms with van der Waals surface area (Å²) in [5.41, 5.74) is 6.22. The third-order valence-electron chi connectivity index (χ3n) is 4.35. The number of carbonyl (C=O) groups is 1. The lowest BCUT2D eigenvalue weighted by Crippen LogP contribution is -2.44. The molecule has 0 spiro atoms. The van der Waals surface area contributed by atoms with Crippen LogP contribution in [0.25, 0.3) is 0 Å². The van der Waals surface area contributed by atoms with Gasteiger partial charge in [0.15, 0.2) is 0 Å². The van der Waals surface area contributed by atoms with E-state index in [9.17, 15) is 13.2 Å². The van der Waals surface area contributed by atoms with E-state index in [0.29, 0.717) is 18.0 Å². The molecule has 0 radical (unpaired) electrons. The van der Waals surface area contributed by atoms with Crippen molar-refractivity contribution in [3.8, 4) is 0 Å². The Balaban J connectivity index is 2.13. The Kier molecular flexibility index (Phi) is 5.78. The third-order valence-corrected chi connectivity index (χ3v) is 5.85. The summed E-state index contributed by atoms with van der Waals surface area (Å²) >= 11 is 0. The molecule has 2 rings (SSSR count). The van der Waals surface area contributed by atoms with Crippen molar-refractivity contribution in [1.29, 1.82) is 0 Å². The predicted molar refractivity (Wildman–Crippen MR) is 89.6 cm³/mol. The summed E-state index contributed by atoms with van der Waals surface area (Å²) in [6.45, 7) is 0.293. The first-order valence-electron chi connectivity index (χ1n) is 7.89. The number of nitrogens with zero attached hydrogens (tertiary/aromatic N) is 1. The van der Waals surface area contributed by atoms with Gasteiger partial charge in [-0.15, -0.1) is 0 Å². The van der Waals surface area contributed by atoms with E-state index in [1.54, 1.807) is 14.1 Å². The lowest BCUT2D eigenvalue weighted by atomic mass is 9.99. The van der Waals surface area contributed by atoms with Gasteiger partial charge in [0, 0.05) is 32.2 Å². The zero-order chi connectivity index (χ0) is 17.0. The van der Waals surface area contributed by atoms with Gasteiger partial charge in [0.1, 0.15) is 0 Å². The molecule has 6 nitrogen and oxygen atoms in total. The molecule has 0 aromatic heterocycles. The Hall–Kier alpha value is -1.44. The van der Waals surface area contributed by atoms with Gasteiger partial charge in [-0.05, 0) is 43.0 Å². The van der Waals surface area contributed by atoms with Crippen molar-refractivity contribution >= 4 is 15.9 Å². The zero-order valence-corrected chi connectivity index (χ0v) is 14.5. The number of hydrogen-bond donors (Lipinski definition) is 2. The van der Waals surface area contributed by atoms with Gasteiger partial charge in [-0.25, -0.2) is 13.1 Å². The van der Waals surface area contributed by atoms with Crippen LogP contribution in [-0.4, -0.2) is 45.9 Å². The Morgan fingerprint density at radius 2 is 1.83 bits per heavy atom. The number of carbonyl (C=O) groups excluding carboxylic acids is 1. The molecule has 1 aliphatic rings. The maximum Gasteiger partial charge on any atom is 0.253 e. The normalized spacial score (nSPS) is 17.2. The molecular formula is C16H25N3O3S. The van der Waals surface area contributed by atoms with Crippen LogP contribution >= 0.6 is 0 Å². The summed E-state index contributed by atoms with van der Waals surface area (Å²) in [4.78, 5) is 13.5. The first-order valence-corrected chi connectivity index (χ1v) is 9.37. The standard InChI is InChI=1S/C16H25N3O3S/c1-19(2)16(20)13-7-9-14(10-8-13)23(21,22)18-15(11-17)12-5-3-4-6-12/h7-10,12,15,18H,3-6,11,17H2,1-2H3. The SMILES string of the molecule is CN(C)C(=O)c1ccc(S(=O)(=O)NC(CN)C2CCCC2)cc1. The quantitative estimate of drug-likeness (QED) is 0.814. The molecule has 3 N–H and O–H groups in total. The molecule has 1 aromatic carbocycles. The molecule has 1 saturated carbocycles. The Morgan fingerprint density at radius 1 is 1.26 bits per heavy atom. The second-order valence-corrected chi connectivity index (χ2v) is 7.95. The number of benzene rings is 1. The largest absolute Gasteiger partial charge is 0.345 e. The van der Waals surface area contributed by atoms with Gasteiger partial charge in [-0.1, -0.05) is 12.8 Å². The second-order valence-electron chi connectivity index (χ2n) is 6.23. The third kappa shape index (κ3) is 4.31. The molecule has 7 heteroatoms. The minimum atomic E-state index is -3.63. The highest BCUT2D eigenvalue weighted by Crippen LogP contribution is 2.28. The first-order chi connectivity index (χ1) is 10.8. The predicted octanol–water partition coefficient (Wildman–Crippen LogP) is 1.18. The van der Waals surface area contributed by atoms with Crippen molar-refractivity contribution < 1.29 is 13.2 Å². The molecule has 0 aliphatic heterocycles. The number of amides is 1. The average molecular weight is 339 g/mol. The second kappa shape index (κ2) is 7.42. The van der Waals surface area contributed by atoms with E-state index in [1.165, 1.54) is 29.2 Å². The molecular weight excluding hydrogens is 314 g/mol. The minimum Gasteiger partial charge on any atom is -0.345 e. The van der Waals surface area contributed by atoms with E-state index in [2.05, 4.69) is 4.72 Å². The van der Waals surface area contributed by atoms with E-state index in [-0.39, 0.29) is 16.8 Å². The lowest BCUT2D eigenvalue weighted by molar-refractivity contribution is 0.0827. The van der Waals surface area contributed by atoms with Gasteiger partial charge in [0.05, 0.1) is 4.90 Å². The highest BCUT2D eigenvalue weighted by Gasteiger charge is 2.28. The maximum atomic E-state index is 12.5. The molecule has 1 aromatic rings. The van der Waals surface area contributed by atoms with E-state index >= 15 is 0 Å². The Bertz CT molecular complexity index is 635. The highest BCUT2D eigenvalue weighted by atomic mass is 32.2. The van der Waals surface area contributed by atoms with Crippen molar-refractivity contribution in [3.63, 3.8) is 0 Å². The van der Waals surface area contributed by atoms with Crippen LogP contribution in [0.2, 0.25) is 0 Å². The van der Waals surface area contributed by atoms with Crippen LogP contribution < -0.4 is 10.5 Å². The van der Waals surface area contributed by atoms with E-state index in [0.717, 1.165) is 25.7 Å². The van der Waals surface area contributed by atoms with Crippen LogP contribution in [0, 0.1) is 5.92 Å². The summed E-state index contributed by atoms with van der Waals surface area (Å²) in [7, 11) is -0.317. The fourth-order valence-corrected chi connectivity index (χ4v) is 4.32. The molecule has 0 bridgehead atoms. The molecule has 1 aliphatic carbocycles.